The highest BCUT2D eigenvalue weighted by molar-refractivity contribution is 6.07. The number of amides is 1. The third-order valence-corrected chi connectivity index (χ3v) is 3.51. The van der Waals surface area contributed by atoms with E-state index in [1.807, 2.05) is 0 Å². The fraction of sp³-hybridized carbons (Fsp3) is 0.0625. The molecular weight excluding hydrogens is 288 g/mol. The van der Waals surface area contributed by atoms with Crippen LogP contribution in [0.5, 0.6) is 0 Å². The Morgan fingerprint density at radius 3 is 2.77 bits per heavy atom. The number of rotatable bonds is 2. The van der Waals surface area contributed by atoms with E-state index in [0.717, 1.165) is 12.1 Å². The maximum Gasteiger partial charge on any atom is 0.250 e. The van der Waals surface area contributed by atoms with Gasteiger partial charge in [0.15, 0.2) is 5.82 Å². The minimum Gasteiger partial charge on any atom is -0.366 e. The van der Waals surface area contributed by atoms with Gasteiger partial charge in [0.2, 0.25) is 0 Å². The first-order chi connectivity index (χ1) is 10.5. The van der Waals surface area contributed by atoms with Crippen LogP contribution in [-0.4, -0.2) is 10.5 Å². The molecule has 1 amide bonds. The molecule has 1 aliphatic heterocycles. The van der Waals surface area contributed by atoms with Crippen molar-refractivity contribution in [2.75, 3.05) is 0 Å². The Morgan fingerprint density at radius 2 is 2.05 bits per heavy atom. The van der Waals surface area contributed by atoms with E-state index in [1.165, 1.54) is 0 Å². The fourth-order valence-electron chi connectivity index (χ4n) is 2.56. The van der Waals surface area contributed by atoms with Gasteiger partial charge in [-0.1, -0.05) is 6.08 Å². The molecular formula is C16H13F2N3O. The van der Waals surface area contributed by atoms with Crippen LogP contribution in [0.1, 0.15) is 16.1 Å². The maximum absolute atomic E-state index is 14.5. The molecule has 2 heterocycles. The molecule has 1 aromatic heterocycles. The highest BCUT2D eigenvalue weighted by Gasteiger charge is 2.22. The number of hydrogen-bond acceptors (Lipinski definition) is 2. The lowest BCUT2D eigenvalue weighted by molar-refractivity contribution is 0.100. The second-order valence-corrected chi connectivity index (χ2v) is 4.90. The van der Waals surface area contributed by atoms with Gasteiger partial charge in [-0.3, -0.25) is 4.79 Å². The van der Waals surface area contributed by atoms with Crippen LogP contribution >= 0.6 is 0 Å². The van der Waals surface area contributed by atoms with Gasteiger partial charge in [-0.05, 0) is 31.2 Å². The van der Waals surface area contributed by atoms with Crippen molar-refractivity contribution in [3.63, 3.8) is 0 Å². The quantitative estimate of drug-likeness (QED) is 0.896. The first kappa shape index (κ1) is 14.1. The molecule has 0 spiro atoms. The van der Waals surface area contributed by atoms with Crippen molar-refractivity contribution in [2.24, 2.45) is 5.73 Å². The van der Waals surface area contributed by atoms with Crippen LogP contribution in [0.2, 0.25) is 0 Å². The second-order valence-electron chi connectivity index (χ2n) is 4.90. The summed E-state index contributed by atoms with van der Waals surface area (Å²) in [5.41, 5.74) is 6.39. The van der Waals surface area contributed by atoms with E-state index < -0.39 is 17.5 Å². The Labute approximate surface area is 125 Å². The number of primary amides is 1. The molecule has 3 rings (SSSR count). The summed E-state index contributed by atoms with van der Waals surface area (Å²) in [6.07, 6.45) is 8.64. The summed E-state index contributed by atoms with van der Waals surface area (Å²) in [4.78, 5) is 11.6. The number of carbonyl (C=O) groups excluding carboxylic acids is 1. The second kappa shape index (κ2) is 5.14. The highest BCUT2D eigenvalue weighted by Crippen LogP contribution is 2.31. The van der Waals surface area contributed by atoms with Gasteiger partial charge in [-0.15, -0.1) is 0 Å². The van der Waals surface area contributed by atoms with Crippen LogP contribution in [0, 0.1) is 18.6 Å². The minimum atomic E-state index is -0.812. The molecule has 0 bridgehead atoms. The number of aromatic nitrogens is 1. The normalized spacial score (nSPS) is 13.9. The molecule has 4 nitrogen and oxygen atoms in total. The van der Waals surface area contributed by atoms with Crippen LogP contribution in [0.15, 0.2) is 42.8 Å². The molecule has 1 aromatic carbocycles. The van der Waals surface area contributed by atoms with Gasteiger partial charge in [0.1, 0.15) is 5.82 Å². The maximum atomic E-state index is 14.5. The third kappa shape index (κ3) is 2.09. The first-order valence-electron chi connectivity index (χ1n) is 6.60. The van der Waals surface area contributed by atoms with Crippen molar-refractivity contribution < 1.29 is 13.6 Å². The number of nitrogens with zero attached hydrogens (tertiary/aromatic N) is 1. The topological polar surface area (TPSA) is 60.1 Å². The molecule has 0 saturated carbocycles. The Bertz CT molecular complexity index is 875. The molecule has 112 valence electrons. The average Bonchev–Trinajstić information content (AvgIpc) is 2.68. The predicted molar refractivity (Wildman–Crippen MR) is 80.8 cm³/mol. The zero-order chi connectivity index (χ0) is 15.9. The zero-order valence-electron chi connectivity index (χ0n) is 11.7. The van der Waals surface area contributed by atoms with Crippen LogP contribution in [0.4, 0.5) is 8.78 Å². The van der Waals surface area contributed by atoms with Gasteiger partial charge < -0.3 is 15.6 Å². The number of nitrogens with two attached hydrogens (primary N) is 1. The molecule has 2 aromatic rings. The van der Waals surface area contributed by atoms with Gasteiger partial charge in [-0.25, -0.2) is 8.78 Å². The lowest BCUT2D eigenvalue weighted by Crippen LogP contribution is -2.14. The van der Waals surface area contributed by atoms with Crippen molar-refractivity contribution >= 4 is 22.5 Å². The van der Waals surface area contributed by atoms with E-state index >= 15 is 0 Å². The Hall–Kier alpha value is -2.89. The summed E-state index contributed by atoms with van der Waals surface area (Å²) in [5.74, 6) is -2.10. The largest absolute Gasteiger partial charge is 0.366 e. The lowest BCUT2D eigenvalue weighted by Gasteiger charge is -2.11. The smallest absolute Gasteiger partial charge is 0.250 e. The summed E-state index contributed by atoms with van der Waals surface area (Å²) in [6.45, 7) is 1.56. The number of carbonyl (C=O) groups is 1. The number of allylic oxidation sites excluding steroid dienone is 4. The number of hydrogen-bond donors (Lipinski definition) is 2. The van der Waals surface area contributed by atoms with E-state index in [1.54, 1.807) is 42.1 Å². The summed E-state index contributed by atoms with van der Waals surface area (Å²) in [5, 5.41) is 2.94. The van der Waals surface area contributed by atoms with Gasteiger partial charge in [0.05, 0.1) is 22.5 Å². The monoisotopic (exact) mass is 301 g/mol. The first-order valence-corrected chi connectivity index (χ1v) is 6.60. The van der Waals surface area contributed by atoms with E-state index in [2.05, 4.69) is 5.32 Å². The van der Waals surface area contributed by atoms with Gasteiger partial charge in [-0.2, -0.15) is 0 Å². The summed E-state index contributed by atoms with van der Waals surface area (Å²) in [6, 6.07) is 2.08. The van der Waals surface area contributed by atoms with Crippen molar-refractivity contribution in [1.29, 1.82) is 0 Å². The molecule has 22 heavy (non-hydrogen) atoms. The number of fused-ring (bicyclic) bond motifs is 1. The zero-order valence-corrected chi connectivity index (χ0v) is 11.7. The molecule has 0 aliphatic carbocycles. The number of halogens is 2. The van der Waals surface area contributed by atoms with Gasteiger partial charge in [0.25, 0.3) is 5.91 Å². The lowest BCUT2D eigenvalue weighted by atomic mass is 10.1. The molecule has 1 aliphatic rings. The summed E-state index contributed by atoms with van der Waals surface area (Å²) >= 11 is 0. The molecule has 6 heteroatoms. The minimum absolute atomic E-state index is 0.0257. The van der Waals surface area contributed by atoms with E-state index in [0.29, 0.717) is 5.70 Å². The van der Waals surface area contributed by atoms with Crippen molar-refractivity contribution in [1.82, 2.24) is 9.88 Å². The predicted octanol–water partition coefficient (Wildman–Crippen LogP) is 2.80. The summed E-state index contributed by atoms with van der Waals surface area (Å²) < 4.78 is 29.7. The Kier molecular flexibility index (Phi) is 3.29. The Balaban J connectivity index is 2.42. The van der Waals surface area contributed by atoms with Gasteiger partial charge >= 0.3 is 0 Å². The fourth-order valence-corrected chi connectivity index (χ4v) is 2.56. The van der Waals surface area contributed by atoms with E-state index in [9.17, 15) is 13.6 Å². The molecule has 3 N–H and O–H groups in total. The van der Waals surface area contributed by atoms with Crippen molar-refractivity contribution in [3.8, 4) is 0 Å². The van der Waals surface area contributed by atoms with Crippen LogP contribution < -0.4 is 11.1 Å². The van der Waals surface area contributed by atoms with Crippen molar-refractivity contribution in [2.45, 2.75) is 6.92 Å². The van der Waals surface area contributed by atoms with E-state index in [4.69, 9.17) is 5.73 Å². The van der Waals surface area contributed by atoms with E-state index in [-0.39, 0.29) is 22.2 Å². The standard InChI is InChI=1S/C16H13F2N3O/c1-9-14(18)12-6-10(17)7-13(16(19)22)15(12)21(9)11-4-2-3-5-20-8-11/h2-8,20H,1H3,(H2,19,22). The Morgan fingerprint density at radius 1 is 1.27 bits per heavy atom. The molecule has 0 atom stereocenters. The van der Waals surface area contributed by atoms with Crippen LogP contribution in [0.25, 0.3) is 16.6 Å². The molecule has 0 saturated heterocycles. The molecule has 0 radical (unpaired) electrons. The van der Waals surface area contributed by atoms with Crippen molar-refractivity contribution in [3.05, 3.63) is 65.7 Å². The van der Waals surface area contributed by atoms with Crippen LogP contribution in [0.3, 0.4) is 0 Å². The van der Waals surface area contributed by atoms with Gasteiger partial charge in [0, 0.05) is 17.8 Å². The average molecular weight is 301 g/mol. The highest BCUT2D eigenvalue weighted by atomic mass is 19.1. The molecule has 0 fully saturated rings. The van der Waals surface area contributed by atoms with Crippen LogP contribution in [-0.2, 0) is 0 Å². The summed E-state index contributed by atoms with van der Waals surface area (Å²) in [7, 11) is 0. The SMILES string of the molecule is Cc1c(F)c2cc(F)cc(C(N)=O)c2n1C1=CNC=CC=C1. The number of benzene rings is 1. The third-order valence-electron chi connectivity index (χ3n) is 3.51. The number of nitrogens with one attached hydrogen (secondary N) is 1. The molecule has 0 unspecified atom stereocenters.